The number of nitrogens with zero attached hydrogens (tertiary/aromatic N) is 1. The van der Waals surface area contributed by atoms with E-state index >= 15 is 0 Å². The van der Waals surface area contributed by atoms with Gasteiger partial charge in [-0.2, -0.15) is 0 Å². The third-order valence-electron chi connectivity index (χ3n) is 6.38. The van der Waals surface area contributed by atoms with Crippen LogP contribution in [-0.2, 0) is 19.0 Å². The van der Waals surface area contributed by atoms with Crippen LogP contribution in [0.15, 0.2) is 35.3 Å². The van der Waals surface area contributed by atoms with E-state index in [1.54, 1.807) is 0 Å². The second kappa shape index (κ2) is 5.64. The first-order chi connectivity index (χ1) is 12.3. The molecule has 0 unspecified atom stereocenters. The highest BCUT2D eigenvalue weighted by Crippen LogP contribution is 2.58. The van der Waals surface area contributed by atoms with E-state index in [-0.39, 0.29) is 35.9 Å². The minimum Gasteiger partial charge on any atom is -0.464 e. The molecule has 5 heteroatoms. The van der Waals surface area contributed by atoms with Crippen LogP contribution in [0.5, 0.6) is 0 Å². The van der Waals surface area contributed by atoms with E-state index in [0.29, 0.717) is 19.8 Å². The molecule has 6 rings (SSSR count). The molecule has 25 heavy (non-hydrogen) atoms. The molecule has 2 bridgehead atoms. The first kappa shape index (κ1) is 15.5. The molecule has 5 aliphatic rings. The average molecular weight is 341 g/mol. The molecule has 1 aromatic carbocycles. The smallest absolute Gasteiger partial charge is 0.337 e. The molecule has 4 heterocycles. The Morgan fingerprint density at radius 2 is 2.04 bits per heavy atom. The Balaban J connectivity index is 1.71. The van der Waals surface area contributed by atoms with Gasteiger partial charge in [0.25, 0.3) is 0 Å². The fraction of sp³-hybridized carbons (Fsp3) is 0.600. The topological polar surface area (TPSA) is 57.1 Å². The SMILES string of the molecule is CCOC(=O)[C@@]12N=C(c3ccccc3)[C@@H]([C@H]3CCO[C@H]31)[C@@H]1OCC[C@@H]12. The van der Waals surface area contributed by atoms with Crippen molar-refractivity contribution < 1.29 is 19.0 Å². The Morgan fingerprint density at radius 1 is 1.24 bits per heavy atom. The number of aliphatic imine (C=N–C) groups is 1. The maximum absolute atomic E-state index is 13.2. The summed E-state index contributed by atoms with van der Waals surface area (Å²) in [4.78, 5) is 18.3. The highest BCUT2D eigenvalue weighted by Gasteiger charge is 2.71. The maximum atomic E-state index is 13.2. The van der Waals surface area contributed by atoms with Crippen molar-refractivity contribution in [1.82, 2.24) is 0 Å². The van der Waals surface area contributed by atoms with Crippen LogP contribution < -0.4 is 0 Å². The molecule has 0 spiro atoms. The maximum Gasteiger partial charge on any atom is 0.337 e. The molecule has 6 atom stereocenters. The zero-order valence-corrected chi connectivity index (χ0v) is 14.4. The van der Waals surface area contributed by atoms with Crippen molar-refractivity contribution in [2.45, 2.75) is 37.5 Å². The number of carbonyl (C=O) groups excluding carboxylic acids is 1. The molecule has 0 radical (unpaired) electrons. The predicted octanol–water partition coefficient (Wildman–Crippen LogP) is 2.23. The fourth-order valence-electron chi connectivity index (χ4n) is 5.52. The van der Waals surface area contributed by atoms with Crippen molar-refractivity contribution in [1.29, 1.82) is 0 Å². The van der Waals surface area contributed by atoms with E-state index in [1.807, 2.05) is 25.1 Å². The van der Waals surface area contributed by atoms with E-state index in [1.165, 1.54) is 0 Å². The Kier molecular flexibility index (Phi) is 3.51. The number of hydrogen-bond acceptors (Lipinski definition) is 5. The van der Waals surface area contributed by atoms with Gasteiger partial charge < -0.3 is 14.2 Å². The van der Waals surface area contributed by atoms with Gasteiger partial charge in [-0.05, 0) is 25.3 Å². The Hall–Kier alpha value is -1.72. The molecule has 132 valence electrons. The molecular weight excluding hydrogens is 318 g/mol. The fourth-order valence-corrected chi connectivity index (χ4v) is 5.52. The zero-order chi connectivity index (χ0) is 17.0. The predicted molar refractivity (Wildman–Crippen MR) is 91.5 cm³/mol. The van der Waals surface area contributed by atoms with Crippen LogP contribution in [0, 0.1) is 17.8 Å². The minimum absolute atomic E-state index is 0.0417. The molecule has 1 aromatic rings. The van der Waals surface area contributed by atoms with Crippen molar-refractivity contribution in [3.63, 3.8) is 0 Å². The van der Waals surface area contributed by atoms with Gasteiger partial charge in [0.05, 0.1) is 18.8 Å². The first-order valence-corrected chi connectivity index (χ1v) is 9.33. The van der Waals surface area contributed by atoms with Gasteiger partial charge in [-0.25, -0.2) is 4.79 Å². The molecule has 0 N–H and O–H groups in total. The Bertz CT molecular complexity index is 694. The van der Waals surface area contributed by atoms with Crippen molar-refractivity contribution in [3.8, 4) is 0 Å². The van der Waals surface area contributed by atoms with Gasteiger partial charge in [-0.3, -0.25) is 4.99 Å². The van der Waals surface area contributed by atoms with Gasteiger partial charge in [0.2, 0.25) is 0 Å². The lowest BCUT2D eigenvalue weighted by Crippen LogP contribution is -2.69. The van der Waals surface area contributed by atoms with Crippen LogP contribution in [0.2, 0.25) is 0 Å². The minimum atomic E-state index is -0.946. The van der Waals surface area contributed by atoms with Gasteiger partial charge in [0, 0.05) is 36.7 Å². The third-order valence-corrected chi connectivity index (χ3v) is 6.38. The molecule has 5 nitrogen and oxygen atoms in total. The van der Waals surface area contributed by atoms with Crippen LogP contribution in [0.4, 0.5) is 0 Å². The van der Waals surface area contributed by atoms with E-state index in [9.17, 15) is 4.79 Å². The molecule has 1 saturated carbocycles. The molecule has 0 amide bonds. The monoisotopic (exact) mass is 341 g/mol. The molecule has 1 aliphatic carbocycles. The van der Waals surface area contributed by atoms with Crippen LogP contribution in [0.1, 0.15) is 25.3 Å². The Labute approximate surface area is 147 Å². The lowest BCUT2D eigenvalue weighted by Gasteiger charge is -2.54. The third kappa shape index (κ3) is 1.97. The van der Waals surface area contributed by atoms with Gasteiger partial charge in [-0.1, -0.05) is 30.3 Å². The van der Waals surface area contributed by atoms with Crippen molar-refractivity contribution in [2.75, 3.05) is 19.8 Å². The number of rotatable bonds is 3. The van der Waals surface area contributed by atoms with Gasteiger partial charge in [0.1, 0.15) is 0 Å². The zero-order valence-electron chi connectivity index (χ0n) is 14.4. The van der Waals surface area contributed by atoms with Gasteiger partial charge in [-0.15, -0.1) is 0 Å². The van der Waals surface area contributed by atoms with E-state index in [0.717, 1.165) is 24.1 Å². The van der Waals surface area contributed by atoms with Crippen LogP contribution in [0.25, 0.3) is 0 Å². The largest absolute Gasteiger partial charge is 0.464 e. The van der Waals surface area contributed by atoms with Crippen molar-refractivity contribution >= 4 is 11.7 Å². The molecule has 4 aliphatic heterocycles. The molecule has 0 aromatic heterocycles. The summed E-state index contributed by atoms with van der Waals surface area (Å²) in [5.41, 5.74) is 1.14. The molecule has 3 fully saturated rings. The molecule has 2 saturated heterocycles. The van der Waals surface area contributed by atoms with Gasteiger partial charge >= 0.3 is 5.97 Å². The van der Waals surface area contributed by atoms with Gasteiger partial charge in [0.15, 0.2) is 5.54 Å². The highest BCUT2D eigenvalue weighted by atomic mass is 16.5. The summed E-state index contributed by atoms with van der Waals surface area (Å²) in [5.74, 6) is 0.303. The first-order valence-electron chi connectivity index (χ1n) is 9.33. The van der Waals surface area contributed by atoms with Crippen LogP contribution in [0.3, 0.4) is 0 Å². The summed E-state index contributed by atoms with van der Waals surface area (Å²) in [7, 11) is 0. The van der Waals surface area contributed by atoms with E-state index in [4.69, 9.17) is 19.2 Å². The number of esters is 1. The number of benzene rings is 1. The average Bonchev–Trinajstić information content (AvgIpc) is 3.33. The summed E-state index contributed by atoms with van der Waals surface area (Å²) in [5, 5.41) is 0. The van der Waals surface area contributed by atoms with E-state index in [2.05, 4.69) is 12.1 Å². The highest BCUT2D eigenvalue weighted by molar-refractivity contribution is 6.07. The van der Waals surface area contributed by atoms with Crippen LogP contribution in [-0.4, -0.2) is 49.2 Å². The number of hydrogen-bond donors (Lipinski definition) is 0. The second-order valence-electron chi connectivity index (χ2n) is 7.41. The summed E-state index contributed by atoms with van der Waals surface area (Å²) in [6.07, 6.45) is 1.67. The summed E-state index contributed by atoms with van der Waals surface area (Å²) < 4.78 is 17.8. The second-order valence-corrected chi connectivity index (χ2v) is 7.41. The number of carbonyl (C=O) groups is 1. The lowest BCUT2D eigenvalue weighted by molar-refractivity contribution is -0.171. The molecular formula is C20H23NO4. The standard InChI is InChI=1S/C20H23NO4/c1-2-23-19(22)20-14-9-11-24-17(14)15(13-8-10-25-18(13)20)16(21-20)12-6-4-3-5-7-12/h3-7,13-15,17-18H,2,8-11H2,1H3/t13-,14+,15-,17-,18-,20+/m1/s1. The summed E-state index contributed by atoms with van der Waals surface area (Å²) in [6.45, 7) is 3.57. The Morgan fingerprint density at radius 3 is 2.84 bits per heavy atom. The number of ether oxygens (including phenoxy) is 3. The lowest BCUT2D eigenvalue weighted by atomic mass is 9.56. The summed E-state index contributed by atoms with van der Waals surface area (Å²) >= 11 is 0. The normalized spacial score (nSPS) is 41.2. The van der Waals surface area contributed by atoms with Crippen molar-refractivity contribution in [3.05, 3.63) is 35.9 Å². The quantitative estimate of drug-likeness (QED) is 0.791. The summed E-state index contributed by atoms with van der Waals surface area (Å²) in [6, 6.07) is 10.2. The van der Waals surface area contributed by atoms with Crippen LogP contribution >= 0.6 is 0 Å². The van der Waals surface area contributed by atoms with Crippen molar-refractivity contribution in [2.24, 2.45) is 22.7 Å². The van der Waals surface area contributed by atoms with E-state index < -0.39 is 5.54 Å².